The number of carbonyl (C=O) groups excluding carboxylic acids is 3. The van der Waals surface area contributed by atoms with Gasteiger partial charge in [-0.1, -0.05) is 87.5 Å². The third-order valence-electron chi connectivity index (χ3n) is 12.0. The van der Waals surface area contributed by atoms with Gasteiger partial charge in [-0.15, -0.1) is 6.58 Å². The third kappa shape index (κ3) is 9.26. The number of benzene rings is 3. The third-order valence-corrected chi connectivity index (χ3v) is 14.2. The fourth-order valence-corrected chi connectivity index (χ4v) is 9.76. The highest BCUT2D eigenvalue weighted by Gasteiger charge is 2.63. The zero-order chi connectivity index (χ0) is 44.5. The minimum absolute atomic E-state index is 0.0387. The summed E-state index contributed by atoms with van der Waals surface area (Å²) >= 11 is 0. The van der Waals surface area contributed by atoms with E-state index in [-0.39, 0.29) is 32.4 Å². The molecular weight excluding hydrogens is 815 g/mol. The summed E-state index contributed by atoms with van der Waals surface area (Å²) in [5, 5.41) is 15.5. The molecule has 3 fully saturated rings. The van der Waals surface area contributed by atoms with E-state index >= 15 is 0 Å². The summed E-state index contributed by atoms with van der Waals surface area (Å²) in [4.78, 5) is 61.2. The zero-order valence-corrected chi connectivity index (χ0v) is 36.1. The largest absolute Gasteiger partial charge is 0.497 e. The van der Waals surface area contributed by atoms with E-state index in [1.165, 1.54) is 11.0 Å². The topological polar surface area (TPSA) is 203 Å². The molecule has 4 N–H and O–H groups in total. The number of carbonyl (C=O) groups is 4. The van der Waals surface area contributed by atoms with Crippen LogP contribution in [0.4, 0.5) is 4.79 Å². The molecule has 0 radical (unpaired) electrons. The Kier molecular flexibility index (Phi) is 12.4. The Morgan fingerprint density at radius 3 is 2.32 bits per heavy atom. The van der Waals surface area contributed by atoms with Gasteiger partial charge in [0.05, 0.1) is 36.2 Å². The number of methoxy groups -OCH3 is 1. The van der Waals surface area contributed by atoms with Crippen LogP contribution in [0.2, 0.25) is 0 Å². The Morgan fingerprint density at radius 2 is 1.71 bits per heavy atom. The molecule has 7 rings (SSSR count). The van der Waals surface area contributed by atoms with Crippen LogP contribution in [-0.4, -0.2) is 96.0 Å². The number of hydrogen-bond donors (Lipinski definition) is 4. The van der Waals surface area contributed by atoms with Crippen molar-refractivity contribution in [1.82, 2.24) is 25.2 Å². The first-order valence-corrected chi connectivity index (χ1v) is 22.1. The first-order chi connectivity index (χ1) is 29.5. The number of carboxylic acid groups (broad SMARTS) is 1. The van der Waals surface area contributed by atoms with Crippen LogP contribution >= 0.6 is 0 Å². The van der Waals surface area contributed by atoms with Crippen molar-refractivity contribution >= 4 is 44.7 Å². The Balaban J connectivity index is 1.13. The van der Waals surface area contributed by atoms with Crippen LogP contribution < -0.4 is 24.8 Å². The van der Waals surface area contributed by atoms with Crippen molar-refractivity contribution in [3.63, 3.8) is 0 Å². The minimum Gasteiger partial charge on any atom is -0.497 e. The smallest absolute Gasteiger partial charge is 0.405 e. The van der Waals surface area contributed by atoms with Gasteiger partial charge in [0.15, 0.2) is 0 Å². The van der Waals surface area contributed by atoms with Crippen LogP contribution in [0.1, 0.15) is 58.4 Å². The van der Waals surface area contributed by atoms with Crippen LogP contribution in [0.25, 0.3) is 22.2 Å². The molecule has 3 aromatic carbocycles. The van der Waals surface area contributed by atoms with Gasteiger partial charge >= 0.3 is 6.09 Å². The summed E-state index contributed by atoms with van der Waals surface area (Å²) < 4.78 is 46.6. The van der Waals surface area contributed by atoms with Gasteiger partial charge in [0, 0.05) is 42.0 Å². The van der Waals surface area contributed by atoms with E-state index in [1.54, 1.807) is 46.1 Å². The van der Waals surface area contributed by atoms with Crippen molar-refractivity contribution in [3.05, 3.63) is 103 Å². The fourth-order valence-electron chi connectivity index (χ4n) is 8.12. The number of nitrogens with one attached hydrogen (secondary N) is 3. The van der Waals surface area contributed by atoms with E-state index in [2.05, 4.69) is 21.9 Å². The second-order valence-electron chi connectivity index (χ2n) is 17.4. The molecule has 1 saturated heterocycles. The number of amides is 4. The van der Waals surface area contributed by atoms with E-state index in [1.807, 2.05) is 66.7 Å². The Labute approximate surface area is 361 Å². The molecule has 3 aliphatic rings. The molecule has 328 valence electrons. The molecule has 0 bridgehead atoms. The quantitative estimate of drug-likeness (QED) is 0.0762. The highest BCUT2D eigenvalue weighted by molar-refractivity contribution is 7.91. The number of pyridine rings is 1. The summed E-state index contributed by atoms with van der Waals surface area (Å²) in [7, 11) is -2.65. The molecule has 16 heteroatoms. The van der Waals surface area contributed by atoms with E-state index in [0.29, 0.717) is 47.5 Å². The maximum atomic E-state index is 14.6. The number of aromatic nitrogens is 1. The molecule has 5 atom stereocenters. The van der Waals surface area contributed by atoms with Crippen LogP contribution in [0.3, 0.4) is 0 Å². The number of ether oxygens (including phenoxy) is 3. The summed E-state index contributed by atoms with van der Waals surface area (Å²) in [6.45, 7) is 9.30. The molecule has 4 aromatic rings. The Bertz CT molecular complexity index is 2460. The van der Waals surface area contributed by atoms with Crippen molar-refractivity contribution in [2.45, 2.75) is 88.0 Å². The maximum Gasteiger partial charge on any atom is 0.405 e. The standard InChI is InChI=1S/C46H53N5O10S/c1-6-31-26-46(31,42(54)50-62(57,58)45(19-20-45)21-22-60-28-29-13-9-7-10-14-29)49-40(52)37-24-33(27-51(37)41(53)39(44(2,3)4)48-43(55)56)61-38-25-35(30-15-11-8-12-16-30)47-36-23-32(59-5)17-18-34(36)38/h6-18,23,25,31,33,37,39,48H,1,19-22,24,26-28H2,2-5H3,(H,49,52)(H,50,54)(H,55,56). The number of likely N-dealkylation sites (tertiary alicyclic amines) is 1. The molecular formula is C46H53N5O10S. The molecule has 1 aromatic heterocycles. The Hall–Kier alpha value is -6.00. The first-order valence-electron chi connectivity index (χ1n) is 20.6. The lowest BCUT2D eigenvalue weighted by Gasteiger charge is -2.35. The van der Waals surface area contributed by atoms with Crippen molar-refractivity contribution in [1.29, 1.82) is 0 Å². The maximum absolute atomic E-state index is 14.6. The van der Waals surface area contributed by atoms with Crippen molar-refractivity contribution < 1.29 is 46.9 Å². The highest BCUT2D eigenvalue weighted by atomic mass is 32.2. The normalized spacial score (nSPS) is 21.9. The number of sulfonamides is 1. The van der Waals surface area contributed by atoms with E-state index in [9.17, 15) is 32.7 Å². The summed E-state index contributed by atoms with van der Waals surface area (Å²) in [5.41, 5.74) is 0.399. The molecule has 4 amide bonds. The van der Waals surface area contributed by atoms with Gasteiger partial charge in [0.25, 0.3) is 5.91 Å². The summed E-state index contributed by atoms with van der Waals surface area (Å²) in [5.74, 6) is -1.88. The van der Waals surface area contributed by atoms with E-state index in [4.69, 9.17) is 19.2 Å². The molecule has 0 spiro atoms. The van der Waals surface area contributed by atoms with Gasteiger partial charge in [-0.2, -0.15) is 0 Å². The van der Waals surface area contributed by atoms with Gasteiger partial charge in [-0.25, -0.2) is 18.2 Å². The number of rotatable bonds is 17. The predicted octanol–water partition coefficient (Wildman–Crippen LogP) is 5.59. The molecule has 2 aliphatic carbocycles. The number of fused-ring (bicyclic) bond motifs is 1. The Morgan fingerprint density at radius 1 is 1.02 bits per heavy atom. The van der Waals surface area contributed by atoms with Crippen molar-refractivity contribution in [2.75, 3.05) is 20.3 Å². The lowest BCUT2D eigenvalue weighted by atomic mass is 9.85. The van der Waals surface area contributed by atoms with Gasteiger partial charge in [-0.05, 0) is 48.8 Å². The van der Waals surface area contributed by atoms with Crippen molar-refractivity contribution in [2.24, 2.45) is 11.3 Å². The first kappa shape index (κ1) is 44.1. The van der Waals surface area contributed by atoms with Crippen LogP contribution in [0.15, 0.2) is 97.6 Å². The number of hydrogen-bond acceptors (Lipinski definition) is 10. The molecule has 2 heterocycles. The lowest BCUT2D eigenvalue weighted by molar-refractivity contribution is -0.142. The highest BCUT2D eigenvalue weighted by Crippen LogP contribution is 2.49. The molecule has 1 aliphatic heterocycles. The van der Waals surface area contributed by atoms with Gasteiger partial charge < -0.3 is 34.9 Å². The van der Waals surface area contributed by atoms with E-state index < -0.39 is 73.6 Å². The average molecular weight is 868 g/mol. The second kappa shape index (κ2) is 17.4. The zero-order valence-electron chi connectivity index (χ0n) is 35.3. The summed E-state index contributed by atoms with van der Waals surface area (Å²) in [6.07, 6.45) is 0.206. The van der Waals surface area contributed by atoms with Crippen LogP contribution in [-0.2, 0) is 35.8 Å². The monoisotopic (exact) mass is 867 g/mol. The van der Waals surface area contributed by atoms with Gasteiger partial charge in [0.1, 0.15) is 35.2 Å². The van der Waals surface area contributed by atoms with Crippen LogP contribution in [0, 0.1) is 11.3 Å². The van der Waals surface area contributed by atoms with Crippen molar-refractivity contribution in [3.8, 4) is 22.8 Å². The molecule has 62 heavy (non-hydrogen) atoms. The van der Waals surface area contributed by atoms with Gasteiger partial charge in [-0.3, -0.25) is 19.1 Å². The predicted molar refractivity (Wildman–Crippen MR) is 232 cm³/mol. The minimum atomic E-state index is -4.20. The molecule has 2 saturated carbocycles. The molecule has 5 unspecified atom stereocenters. The van der Waals surface area contributed by atoms with E-state index in [0.717, 1.165) is 11.1 Å². The summed E-state index contributed by atoms with van der Waals surface area (Å²) in [6, 6.07) is 23.6. The lowest BCUT2D eigenvalue weighted by Crippen LogP contribution is -2.60. The SMILES string of the molecule is C=CC1CC1(NC(=O)C1CC(Oc2cc(-c3ccccc3)nc3cc(OC)ccc23)CN1C(=O)C(NC(=O)O)C(C)(C)C)C(=O)NS(=O)(=O)C1(CCOCc2ccccc2)CC1. The fraction of sp³-hybridized carbons (Fsp3) is 0.413. The van der Waals surface area contributed by atoms with Crippen LogP contribution in [0.5, 0.6) is 11.5 Å². The van der Waals surface area contributed by atoms with Gasteiger partial charge in [0.2, 0.25) is 21.8 Å². The average Bonchev–Trinajstić information content (AvgIpc) is 4.15. The number of nitrogens with zero attached hydrogens (tertiary/aromatic N) is 2. The molecule has 15 nitrogen and oxygen atoms in total. The second-order valence-corrected chi connectivity index (χ2v) is 19.5.